The van der Waals surface area contributed by atoms with Crippen molar-refractivity contribution in [3.05, 3.63) is 58.9 Å². The van der Waals surface area contributed by atoms with Crippen LogP contribution in [-0.2, 0) is 6.42 Å². The zero-order valence-electron chi connectivity index (χ0n) is 13.0. The van der Waals surface area contributed by atoms with E-state index in [1.165, 1.54) is 30.3 Å². The van der Waals surface area contributed by atoms with Gasteiger partial charge in [-0.2, -0.15) is 0 Å². The number of H-pyrrole nitrogens is 1. The molecule has 0 unspecified atom stereocenters. The largest absolute Gasteiger partial charge is 0.573 e. The lowest BCUT2D eigenvalue weighted by atomic mass is 10.1. The van der Waals surface area contributed by atoms with Crippen LogP contribution in [0.1, 0.15) is 27.3 Å². The number of rotatable bonds is 4. The highest BCUT2D eigenvalue weighted by Gasteiger charge is 2.30. The lowest BCUT2D eigenvalue weighted by molar-refractivity contribution is -0.274. The van der Waals surface area contributed by atoms with Gasteiger partial charge in [-0.3, -0.25) is 0 Å². The summed E-state index contributed by atoms with van der Waals surface area (Å²) >= 11 is 0. The van der Waals surface area contributed by atoms with Gasteiger partial charge in [0.25, 0.3) is 0 Å². The fourth-order valence-corrected chi connectivity index (χ4v) is 2.53. The van der Waals surface area contributed by atoms with Crippen LogP contribution in [0.15, 0.2) is 36.4 Å². The number of benzene rings is 2. The number of nitrogens with one attached hydrogen (secondary N) is 1. The number of aromatic carboxylic acids is 1. The summed E-state index contributed by atoms with van der Waals surface area (Å²) in [6, 6.07) is 8.70. The molecule has 2 N–H and O–H groups in total. The summed E-state index contributed by atoms with van der Waals surface area (Å²) in [5.41, 5.74) is 2.76. The molecular weight excluding hydrogens is 337 g/mol. The lowest BCUT2D eigenvalue weighted by Gasteiger charge is -2.08. The molecule has 0 aliphatic rings. The Morgan fingerprint density at radius 2 is 1.92 bits per heavy atom. The number of alkyl halides is 3. The molecule has 0 radical (unpaired) electrons. The van der Waals surface area contributed by atoms with E-state index < -0.39 is 12.3 Å². The molecule has 0 amide bonds. The van der Waals surface area contributed by atoms with Gasteiger partial charge in [-0.05, 0) is 42.3 Å². The standard InChI is InChI=1S/C17H13F3N2O3/c1-9-6-13-14(8-12(9)16(23)24)22-15(21-13)7-10-2-4-11(5-3-10)25-17(18,19)20/h2-6,8H,7H2,1H3,(H,21,22)(H,23,24). The minimum Gasteiger partial charge on any atom is -0.478 e. The summed E-state index contributed by atoms with van der Waals surface area (Å²) in [6.07, 6.45) is -4.36. The molecule has 1 aromatic heterocycles. The molecule has 2 aromatic carbocycles. The zero-order valence-corrected chi connectivity index (χ0v) is 13.0. The maximum atomic E-state index is 12.1. The van der Waals surface area contributed by atoms with Crippen molar-refractivity contribution < 1.29 is 27.8 Å². The summed E-state index contributed by atoms with van der Waals surface area (Å²) in [7, 11) is 0. The minimum absolute atomic E-state index is 0.180. The molecule has 25 heavy (non-hydrogen) atoms. The van der Waals surface area contributed by atoms with E-state index in [0.717, 1.165) is 5.56 Å². The predicted molar refractivity (Wildman–Crippen MR) is 83.7 cm³/mol. The molecular formula is C17H13F3N2O3. The predicted octanol–water partition coefficient (Wildman–Crippen LogP) is 4.06. The lowest BCUT2D eigenvalue weighted by Crippen LogP contribution is -2.17. The van der Waals surface area contributed by atoms with Crippen molar-refractivity contribution in [2.45, 2.75) is 19.7 Å². The minimum atomic E-state index is -4.72. The number of carboxylic acids is 1. The summed E-state index contributed by atoms with van der Waals surface area (Å²) in [5, 5.41) is 9.14. The molecule has 5 nitrogen and oxygen atoms in total. The molecule has 1 heterocycles. The van der Waals surface area contributed by atoms with Crippen LogP contribution in [0.25, 0.3) is 11.0 Å². The maximum absolute atomic E-state index is 12.1. The summed E-state index contributed by atoms with van der Waals surface area (Å²) in [6.45, 7) is 1.70. The van der Waals surface area contributed by atoms with Crippen molar-refractivity contribution >= 4 is 17.0 Å². The van der Waals surface area contributed by atoms with E-state index >= 15 is 0 Å². The number of fused-ring (bicyclic) bond motifs is 1. The Kier molecular flexibility index (Phi) is 4.12. The van der Waals surface area contributed by atoms with Gasteiger partial charge >= 0.3 is 12.3 Å². The Balaban J connectivity index is 1.82. The van der Waals surface area contributed by atoms with E-state index in [2.05, 4.69) is 14.7 Å². The molecule has 0 atom stereocenters. The third-order valence-electron chi connectivity index (χ3n) is 3.64. The molecule has 3 rings (SSSR count). The molecule has 130 valence electrons. The van der Waals surface area contributed by atoms with E-state index in [-0.39, 0.29) is 11.3 Å². The SMILES string of the molecule is Cc1cc2[nH]c(Cc3ccc(OC(F)(F)F)cc3)nc2cc1C(=O)O. The average molecular weight is 350 g/mol. The molecule has 8 heteroatoms. The van der Waals surface area contributed by atoms with E-state index in [9.17, 15) is 18.0 Å². The summed E-state index contributed by atoms with van der Waals surface area (Å²) in [5.74, 6) is -0.729. The molecule has 0 bridgehead atoms. The molecule has 0 saturated carbocycles. The third-order valence-corrected chi connectivity index (χ3v) is 3.64. The number of nitrogens with zero attached hydrogens (tertiary/aromatic N) is 1. The van der Waals surface area contributed by atoms with Crippen molar-refractivity contribution in [2.75, 3.05) is 0 Å². The van der Waals surface area contributed by atoms with Gasteiger partial charge in [0.2, 0.25) is 0 Å². The molecule has 0 aliphatic heterocycles. The van der Waals surface area contributed by atoms with Crippen LogP contribution in [0.4, 0.5) is 13.2 Å². The monoisotopic (exact) mass is 350 g/mol. The second-order valence-corrected chi connectivity index (χ2v) is 5.54. The number of imidazole rings is 1. The van der Waals surface area contributed by atoms with Gasteiger partial charge in [0.1, 0.15) is 11.6 Å². The number of aryl methyl sites for hydroxylation is 1. The van der Waals surface area contributed by atoms with Crippen LogP contribution < -0.4 is 4.74 Å². The molecule has 0 saturated heterocycles. The van der Waals surface area contributed by atoms with Gasteiger partial charge in [0.05, 0.1) is 16.6 Å². The molecule has 0 fully saturated rings. The number of hydrogen-bond acceptors (Lipinski definition) is 3. The Hall–Kier alpha value is -3.03. The van der Waals surface area contributed by atoms with Crippen molar-refractivity contribution in [3.8, 4) is 5.75 Å². The summed E-state index contributed by atoms with van der Waals surface area (Å²) < 4.78 is 40.3. The third kappa shape index (κ3) is 3.90. The maximum Gasteiger partial charge on any atom is 0.573 e. The number of carboxylic acid groups (broad SMARTS) is 1. The number of aromatic amines is 1. The molecule has 3 aromatic rings. The van der Waals surface area contributed by atoms with Crippen molar-refractivity contribution in [2.24, 2.45) is 0 Å². The first-order chi connectivity index (χ1) is 11.7. The highest BCUT2D eigenvalue weighted by molar-refractivity contribution is 5.94. The van der Waals surface area contributed by atoms with Gasteiger partial charge in [-0.25, -0.2) is 9.78 Å². The van der Waals surface area contributed by atoms with Crippen LogP contribution in [0.3, 0.4) is 0 Å². The first kappa shape index (κ1) is 16.8. The first-order valence-corrected chi connectivity index (χ1v) is 7.28. The number of aromatic nitrogens is 2. The molecule has 0 spiro atoms. The fraction of sp³-hybridized carbons (Fsp3) is 0.176. The fourth-order valence-electron chi connectivity index (χ4n) is 2.53. The topological polar surface area (TPSA) is 75.2 Å². The second kappa shape index (κ2) is 6.12. The van der Waals surface area contributed by atoms with Gasteiger partial charge in [-0.15, -0.1) is 13.2 Å². The van der Waals surface area contributed by atoms with E-state index in [4.69, 9.17) is 5.11 Å². The van der Waals surface area contributed by atoms with Crippen LogP contribution in [0, 0.1) is 6.92 Å². The number of ether oxygens (including phenoxy) is 1. The van der Waals surface area contributed by atoms with Crippen LogP contribution in [0.2, 0.25) is 0 Å². The average Bonchev–Trinajstić information content (AvgIpc) is 2.88. The van der Waals surface area contributed by atoms with Crippen LogP contribution in [-0.4, -0.2) is 27.4 Å². The first-order valence-electron chi connectivity index (χ1n) is 7.28. The van der Waals surface area contributed by atoms with Gasteiger partial charge in [0.15, 0.2) is 0 Å². The Bertz CT molecular complexity index is 931. The van der Waals surface area contributed by atoms with Crippen molar-refractivity contribution in [1.29, 1.82) is 0 Å². The number of carbonyl (C=O) groups is 1. The normalized spacial score (nSPS) is 11.7. The summed E-state index contributed by atoms with van der Waals surface area (Å²) in [4.78, 5) is 18.6. The van der Waals surface area contributed by atoms with Crippen LogP contribution in [0.5, 0.6) is 5.75 Å². The van der Waals surface area contributed by atoms with Crippen molar-refractivity contribution in [3.63, 3.8) is 0 Å². The Labute approximate surface area is 140 Å². The quantitative estimate of drug-likeness (QED) is 0.744. The zero-order chi connectivity index (χ0) is 18.2. The smallest absolute Gasteiger partial charge is 0.478 e. The Morgan fingerprint density at radius 3 is 2.52 bits per heavy atom. The van der Waals surface area contributed by atoms with Crippen LogP contribution >= 0.6 is 0 Å². The molecule has 0 aliphatic carbocycles. The van der Waals surface area contributed by atoms with Gasteiger partial charge in [-0.1, -0.05) is 12.1 Å². The number of halogens is 3. The highest BCUT2D eigenvalue weighted by Crippen LogP contribution is 2.24. The highest BCUT2D eigenvalue weighted by atomic mass is 19.4. The second-order valence-electron chi connectivity index (χ2n) is 5.54. The van der Waals surface area contributed by atoms with E-state index in [1.54, 1.807) is 13.0 Å². The van der Waals surface area contributed by atoms with Crippen molar-refractivity contribution in [1.82, 2.24) is 9.97 Å². The Morgan fingerprint density at radius 1 is 1.24 bits per heavy atom. The number of hydrogen-bond donors (Lipinski definition) is 2. The van der Waals surface area contributed by atoms with E-state index in [1.807, 2.05) is 0 Å². The van der Waals surface area contributed by atoms with Gasteiger partial charge < -0.3 is 14.8 Å². The van der Waals surface area contributed by atoms with E-state index in [0.29, 0.717) is 28.8 Å². The van der Waals surface area contributed by atoms with Gasteiger partial charge in [0, 0.05) is 6.42 Å².